The molecule has 30 heavy (non-hydrogen) atoms. The van der Waals surface area contributed by atoms with E-state index in [-0.39, 0.29) is 6.79 Å². The van der Waals surface area contributed by atoms with Crippen LogP contribution < -0.4 is 14.8 Å². The Morgan fingerprint density at radius 1 is 1.10 bits per heavy atom. The van der Waals surface area contributed by atoms with Crippen molar-refractivity contribution in [1.29, 1.82) is 0 Å². The molecule has 0 fully saturated rings. The molecule has 0 unspecified atom stereocenters. The third kappa shape index (κ3) is 4.20. The predicted molar refractivity (Wildman–Crippen MR) is 104 cm³/mol. The van der Waals surface area contributed by atoms with Crippen LogP contribution in [0.2, 0.25) is 0 Å². The van der Waals surface area contributed by atoms with Gasteiger partial charge in [0, 0.05) is 25.8 Å². The molecule has 2 aromatic carbocycles. The van der Waals surface area contributed by atoms with Crippen molar-refractivity contribution in [2.45, 2.75) is 19.3 Å². The van der Waals surface area contributed by atoms with Crippen molar-refractivity contribution >= 4 is 5.95 Å². The van der Waals surface area contributed by atoms with Gasteiger partial charge in [0.25, 0.3) is 0 Å². The smallest absolute Gasteiger partial charge is 0.416 e. The molecule has 0 aliphatic carbocycles. The maximum atomic E-state index is 12.7. The SMILES string of the molecule is COCCn1c(-c2ccc3c(c2)OCO3)cnc1NCc1ccc(C(F)(F)F)cc1. The van der Waals surface area contributed by atoms with Crippen molar-refractivity contribution in [2.75, 3.05) is 25.8 Å². The zero-order valence-corrected chi connectivity index (χ0v) is 16.2. The van der Waals surface area contributed by atoms with Gasteiger partial charge in [0.15, 0.2) is 11.5 Å². The summed E-state index contributed by atoms with van der Waals surface area (Å²) in [5, 5.41) is 3.20. The van der Waals surface area contributed by atoms with Gasteiger partial charge in [-0.05, 0) is 35.9 Å². The van der Waals surface area contributed by atoms with Gasteiger partial charge in [-0.2, -0.15) is 13.2 Å². The molecule has 2 heterocycles. The molecular weight excluding hydrogens is 399 g/mol. The maximum Gasteiger partial charge on any atom is 0.416 e. The zero-order chi connectivity index (χ0) is 21.1. The highest BCUT2D eigenvalue weighted by molar-refractivity contribution is 5.66. The van der Waals surface area contributed by atoms with E-state index in [0.29, 0.717) is 42.7 Å². The number of rotatable bonds is 7. The van der Waals surface area contributed by atoms with Crippen LogP contribution in [-0.2, 0) is 24.0 Å². The first-order valence-corrected chi connectivity index (χ1v) is 9.30. The van der Waals surface area contributed by atoms with Crippen LogP contribution in [0.25, 0.3) is 11.3 Å². The van der Waals surface area contributed by atoms with Gasteiger partial charge in [0.2, 0.25) is 12.7 Å². The van der Waals surface area contributed by atoms with Gasteiger partial charge in [-0.1, -0.05) is 12.1 Å². The van der Waals surface area contributed by atoms with Gasteiger partial charge < -0.3 is 24.1 Å². The Balaban J connectivity index is 1.54. The summed E-state index contributed by atoms with van der Waals surface area (Å²) in [4.78, 5) is 4.46. The molecule has 0 spiro atoms. The van der Waals surface area contributed by atoms with E-state index in [9.17, 15) is 13.2 Å². The fraction of sp³-hybridized carbons (Fsp3) is 0.286. The van der Waals surface area contributed by atoms with Gasteiger partial charge in [0.1, 0.15) is 0 Å². The van der Waals surface area contributed by atoms with E-state index in [0.717, 1.165) is 23.4 Å². The Morgan fingerprint density at radius 2 is 1.87 bits per heavy atom. The Bertz CT molecular complexity index is 1020. The number of benzene rings is 2. The number of methoxy groups -OCH3 is 1. The molecule has 0 radical (unpaired) electrons. The number of halogens is 3. The molecule has 0 amide bonds. The van der Waals surface area contributed by atoms with Crippen molar-refractivity contribution in [3.8, 4) is 22.8 Å². The molecule has 1 aliphatic heterocycles. The van der Waals surface area contributed by atoms with E-state index in [4.69, 9.17) is 14.2 Å². The first kappa shape index (κ1) is 20.1. The Kier molecular flexibility index (Phi) is 5.54. The average molecular weight is 419 g/mol. The van der Waals surface area contributed by atoms with Crippen molar-refractivity contribution in [2.24, 2.45) is 0 Å². The minimum atomic E-state index is -4.35. The Hall–Kier alpha value is -3.20. The number of fused-ring (bicyclic) bond motifs is 1. The van der Waals surface area contributed by atoms with E-state index in [2.05, 4.69) is 10.3 Å². The third-order valence-electron chi connectivity index (χ3n) is 4.77. The summed E-state index contributed by atoms with van der Waals surface area (Å²) < 4.78 is 56.2. The van der Waals surface area contributed by atoms with E-state index < -0.39 is 11.7 Å². The number of imidazole rings is 1. The standard InChI is InChI=1S/C21H20F3N3O3/c1-28-9-8-27-17(15-4-7-18-19(10-15)30-13-29-18)12-26-20(27)25-11-14-2-5-16(6-3-14)21(22,23)24/h2-7,10,12H,8-9,11,13H2,1H3,(H,25,26). The highest BCUT2D eigenvalue weighted by Gasteiger charge is 2.29. The molecule has 9 heteroatoms. The summed E-state index contributed by atoms with van der Waals surface area (Å²) in [5.41, 5.74) is 1.82. The molecule has 0 bridgehead atoms. The van der Waals surface area contributed by atoms with E-state index >= 15 is 0 Å². The summed E-state index contributed by atoms with van der Waals surface area (Å²) in [6.45, 7) is 1.56. The van der Waals surface area contributed by atoms with Gasteiger partial charge in [0.05, 0.1) is 24.1 Å². The largest absolute Gasteiger partial charge is 0.454 e. The normalized spacial score (nSPS) is 12.9. The van der Waals surface area contributed by atoms with Crippen LogP contribution in [0.5, 0.6) is 11.5 Å². The molecule has 158 valence electrons. The van der Waals surface area contributed by atoms with Crippen molar-refractivity contribution in [1.82, 2.24) is 9.55 Å². The molecule has 1 aliphatic rings. The zero-order valence-electron chi connectivity index (χ0n) is 16.2. The highest BCUT2D eigenvalue weighted by atomic mass is 19.4. The molecular formula is C21H20F3N3O3. The lowest BCUT2D eigenvalue weighted by Crippen LogP contribution is -2.12. The quantitative estimate of drug-likeness (QED) is 0.609. The maximum absolute atomic E-state index is 12.7. The van der Waals surface area contributed by atoms with Crippen LogP contribution in [0.4, 0.5) is 19.1 Å². The molecule has 3 aromatic rings. The minimum Gasteiger partial charge on any atom is -0.454 e. The molecule has 0 saturated carbocycles. The molecule has 0 atom stereocenters. The van der Waals surface area contributed by atoms with Crippen molar-refractivity contribution < 1.29 is 27.4 Å². The third-order valence-corrected chi connectivity index (χ3v) is 4.77. The van der Waals surface area contributed by atoms with Crippen LogP contribution in [0, 0.1) is 0 Å². The first-order chi connectivity index (χ1) is 14.5. The van der Waals surface area contributed by atoms with Crippen LogP contribution in [0.3, 0.4) is 0 Å². The van der Waals surface area contributed by atoms with E-state index in [1.165, 1.54) is 12.1 Å². The minimum absolute atomic E-state index is 0.196. The van der Waals surface area contributed by atoms with E-state index in [1.54, 1.807) is 13.3 Å². The number of ether oxygens (including phenoxy) is 3. The molecule has 6 nitrogen and oxygen atoms in total. The predicted octanol–water partition coefficient (Wildman–Crippen LogP) is 4.56. The second kappa shape index (κ2) is 8.27. The summed E-state index contributed by atoms with van der Waals surface area (Å²) in [6.07, 6.45) is -2.61. The fourth-order valence-electron chi connectivity index (χ4n) is 3.20. The molecule has 1 aromatic heterocycles. The monoisotopic (exact) mass is 419 g/mol. The lowest BCUT2D eigenvalue weighted by molar-refractivity contribution is -0.137. The molecule has 1 N–H and O–H groups in total. The number of alkyl halides is 3. The number of aromatic nitrogens is 2. The van der Waals surface area contributed by atoms with Crippen LogP contribution in [0.1, 0.15) is 11.1 Å². The lowest BCUT2D eigenvalue weighted by Gasteiger charge is -2.14. The Labute approximate surface area is 171 Å². The summed E-state index contributed by atoms with van der Waals surface area (Å²) in [6, 6.07) is 10.7. The van der Waals surface area contributed by atoms with E-state index in [1.807, 2.05) is 22.8 Å². The number of nitrogens with one attached hydrogen (secondary N) is 1. The highest BCUT2D eigenvalue weighted by Crippen LogP contribution is 2.36. The first-order valence-electron chi connectivity index (χ1n) is 9.30. The topological polar surface area (TPSA) is 57.5 Å². The summed E-state index contributed by atoms with van der Waals surface area (Å²) in [5.74, 6) is 1.97. The summed E-state index contributed by atoms with van der Waals surface area (Å²) in [7, 11) is 1.62. The van der Waals surface area contributed by atoms with Gasteiger partial charge in [-0.25, -0.2) is 4.98 Å². The molecule has 0 saturated heterocycles. The van der Waals surface area contributed by atoms with Crippen molar-refractivity contribution in [3.05, 3.63) is 59.8 Å². The summed E-state index contributed by atoms with van der Waals surface area (Å²) >= 11 is 0. The van der Waals surface area contributed by atoms with Crippen molar-refractivity contribution in [3.63, 3.8) is 0 Å². The van der Waals surface area contributed by atoms with Gasteiger partial charge in [-0.3, -0.25) is 0 Å². The lowest BCUT2D eigenvalue weighted by atomic mass is 10.1. The number of anilines is 1. The van der Waals surface area contributed by atoms with Gasteiger partial charge >= 0.3 is 6.18 Å². The average Bonchev–Trinajstić information content (AvgIpc) is 3.36. The van der Waals surface area contributed by atoms with Gasteiger partial charge in [-0.15, -0.1) is 0 Å². The van der Waals surface area contributed by atoms with Crippen LogP contribution in [0.15, 0.2) is 48.7 Å². The number of nitrogens with zero attached hydrogens (tertiary/aromatic N) is 2. The number of hydrogen-bond acceptors (Lipinski definition) is 5. The second-order valence-electron chi connectivity index (χ2n) is 6.73. The van der Waals surface area contributed by atoms with Crippen LogP contribution >= 0.6 is 0 Å². The van der Waals surface area contributed by atoms with Crippen LogP contribution in [-0.4, -0.2) is 30.1 Å². The number of hydrogen-bond donors (Lipinski definition) is 1. The molecule has 4 rings (SSSR count). The fourth-order valence-corrected chi connectivity index (χ4v) is 3.20. The second-order valence-corrected chi connectivity index (χ2v) is 6.73. The Morgan fingerprint density at radius 3 is 2.60 bits per heavy atom.